The first-order chi connectivity index (χ1) is 7.60. The van der Waals surface area contributed by atoms with E-state index in [1.807, 2.05) is 26.8 Å². The Hall–Kier alpha value is -0.500. The Labute approximate surface area is 107 Å². The van der Waals surface area contributed by atoms with Gasteiger partial charge in [0.1, 0.15) is 5.60 Å². The van der Waals surface area contributed by atoms with E-state index in [9.17, 15) is 5.11 Å². The van der Waals surface area contributed by atoms with Crippen LogP contribution in [0.2, 0.25) is 0 Å². The van der Waals surface area contributed by atoms with Gasteiger partial charge in [0.2, 0.25) is 0 Å². The Balaban J connectivity index is 4.60. The van der Waals surface area contributed by atoms with Crippen molar-refractivity contribution in [3.8, 4) is 0 Å². The molecule has 1 unspecified atom stereocenters. The van der Waals surface area contributed by atoms with Crippen LogP contribution in [0.1, 0.15) is 61.3 Å². The summed E-state index contributed by atoms with van der Waals surface area (Å²) >= 11 is 0. The maximum absolute atomic E-state index is 9.94. The highest BCUT2D eigenvalue weighted by molar-refractivity contribution is 5.00. The fourth-order valence-electron chi connectivity index (χ4n) is 1.70. The highest BCUT2D eigenvalue weighted by atomic mass is 16.5. The Morgan fingerprint density at radius 2 is 1.65 bits per heavy atom. The first kappa shape index (κ1) is 16.5. The van der Waals surface area contributed by atoms with E-state index >= 15 is 0 Å². The van der Waals surface area contributed by atoms with Crippen LogP contribution in [0, 0.1) is 11.8 Å². The lowest BCUT2D eigenvalue weighted by atomic mass is 10.0. The van der Waals surface area contributed by atoms with E-state index in [0.717, 1.165) is 18.6 Å². The van der Waals surface area contributed by atoms with Crippen LogP contribution in [-0.2, 0) is 4.74 Å². The fraction of sp³-hybridized carbons (Fsp3) is 0.867. The number of ether oxygens (including phenoxy) is 1. The molecular formula is C15H30O2. The minimum absolute atomic E-state index is 0.196. The van der Waals surface area contributed by atoms with Crippen molar-refractivity contribution in [3.05, 3.63) is 11.8 Å². The molecule has 0 bridgehead atoms. The molecule has 0 heterocycles. The summed E-state index contributed by atoms with van der Waals surface area (Å²) in [5.74, 6) is 1.95. The molecular weight excluding hydrogens is 212 g/mol. The van der Waals surface area contributed by atoms with Gasteiger partial charge in [-0.25, -0.2) is 0 Å². The van der Waals surface area contributed by atoms with Gasteiger partial charge < -0.3 is 9.84 Å². The van der Waals surface area contributed by atoms with Gasteiger partial charge in [-0.1, -0.05) is 27.7 Å². The predicted octanol–water partition coefficient (Wildman–Crippen LogP) is 4.14. The molecule has 0 radical (unpaired) electrons. The molecule has 0 aromatic rings. The standard InChI is InChI=1S/C15H30O2/c1-11(2)8-13(16)10-14(9-12(3)4)17-15(5,6)7/h10-13,16H,8-9H2,1-7H3/b14-10-. The van der Waals surface area contributed by atoms with E-state index in [-0.39, 0.29) is 5.60 Å². The first-order valence-electron chi connectivity index (χ1n) is 6.68. The summed E-state index contributed by atoms with van der Waals surface area (Å²) in [6, 6.07) is 0. The molecule has 0 rings (SSSR count). The second-order valence-electron chi connectivity index (χ2n) is 6.64. The Bertz CT molecular complexity index is 234. The zero-order chi connectivity index (χ0) is 13.6. The van der Waals surface area contributed by atoms with Crippen molar-refractivity contribution < 1.29 is 9.84 Å². The van der Waals surface area contributed by atoms with Gasteiger partial charge in [-0.2, -0.15) is 0 Å². The lowest BCUT2D eigenvalue weighted by molar-refractivity contribution is 0.0402. The molecule has 0 aliphatic carbocycles. The van der Waals surface area contributed by atoms with Crippen molar-refractivity contribution >= 4 is 0 Å². The second kappa shape index (κ2) is 7.05. The average molecular weight is 242 g/mol. The third kappa shape index (κ3) is 10.4. The van der Waals surface area contributed by atoms with Gasteiger partial charge in [-0.15, -0.1) is 0 Å². The van der Waals surface area contributed by atoms with Crippen LogP contribution in [0.25, 0.3) is 0 Å². The number of aliphatic hydroxyl groups excluding tert-OH is 1. The molecule has 1 atom stereocenters. The number of allylic oxidation sites excluding steroid dienone is 1. The minimum Gasteiger partial charge on any atom is -0.493 e. The molecule has 0 aromatic heterocycles. The molecule has 0 aliphatic heterocycles. The van der Waals surface area contributed by atoms with Crippen molar-refractivity contribution in [2.24, 2.45) is 11.8 Å². The third-order valence-corrected chi connectivity index (χ3v) is 2.14. The third-order valence-electron chi connectivity index (χ3n) is 2.14. The first-order valence-corrected chi connectivity index (χ1v) is 6.68. The highest BCUT2D eigenvalue weighted by Crippen LogP contribution is 2.21. The van der Waals surface area contributed by atoms with Crippen molar-refractivity contribution in [1.82, 2.24) is 0 Å². The molecule has 2 nitrogen and oxygen atoms in total. The van der Waals surface area contributed by atoms with Gasteiger partial charge in [-0.05, 0) is 45.1 Å². The van der Waals surface area contributed by atoms with E-state index in [0.29, 0.717) is 11.8 Å². The summed E-state index contributed by atoms with van der Waals surface area (Å²) in [6.07, 6.45) is 3.15. The predicted molar refractivity (Wildman–Crippen MR) is 73.8 cm³/mol. The van der Waals surface area contributed by atoms with Crippen molar-refractivity contribution in [3.63, 3.8) is 0 Å². The van der Waals surface area contributed by atoms with E-state index < -0.39 is 6.10 Å². The molecule has 0 saturated carbocycles. The van der Waals surface area contributed by atoms with E-state index in [4.69, 9.17) is 4.74 Å². The molecule has 0 fully saturated rings. The SMILES string of the molecule is CC(C)C/C(=C/C(O)CC(C)C)OC(C)(C)C. The summed E-state index contributed by atoms with van der Waals surface area (Å²) < 4.78 is 5.90. The highest BCUT2D eigenvalue weighted by Gasteiger charge is 2.16. The molecule has 0 saturated heterocycles. The van der Waals surface area contributed by atoms with E-state index in [1.165, 1.54) is 0 Å². The number of hydrogen-bond acceptors (Lipinski definition) is 2. The maximum atomic E-state index is 9.94. The molecule has 0 aromatic carbocycles. The summed E-state index contributed by atoms with van der Waals surface area (Å²) in [5.41, 5.74) is -0.196. The lowest BCUT2D eigenvalue weighted by Crippen LogP contribution is -2.20. The van der Waals surface area contributed by atoms with Crippen LogP contribution in [0.5, 0.6) is 0 Å². The largest absolute Gasteiger partial charge is 0.493 e. The van der Waals surface area contributed by atoms with Gasteiger partial charge in [-0.3, -0.25) is 0 Å². The van der Waals surface area contributed by atoms with Crippen LogP contribution < -0.4 is 0 Å². The zero-order valence-electron chi connectivity index (χ0n) is 12.6. The molecule has 17 heavy (non-hydrogen) atoms. The van der Waals surface area contributed by atoms with Crippen LogP contribution in [0.3, 0.4) is 0 Å². The van der Waals surface area contributed by atoms with Crippen LogP contribution >= 0.6 is 0 Å². The number of rotatable bonds is 6. The van der Waals surface area contributed by atoms with Crippen LogP contribution in [0.15, 0.2) is 11.8 Å². The monoisotopic (exact) mass is 242 g/mol. The Morgan fingerprint density at radius 3 is 2.00 bits per heavy atom. The van der Waals surface area contributed by atoms with Crippen LogP contribution in [0.4, 0.5) is 0 Å². The average Bonchev–Trinajstić information content (AvgIpc) is 1.95. The van der Waals surface area contributed by atoms with Crippen molar-refractivity contribution in [2.75, 3.05) is 0 Å². The van der Waals surface area contributed by atoms with E-state index in [1.54, 1.807) is 0 Å². The minimum atomic E-state index is -0.397. The summed E-state index contributed by atoms with van der Waals surface area (Å²) in [6.45, 7) is 14.7. The Morgan fingerprint density at radius 1 is 1.12 bits per heavy atom. The smallest absolute Gasteiger partial charge is 0.100 e. The van der Waals surface area contributed by atoms with Gasteiger partial charge >= 0.3 is 0 Å². The number of aliphatic hydroxyl groups is 1. The fourth-order valence-corrected chi connectivity index (χ4v) is 1.70. The lowest BCUT2D eigenvalue weighted by Gasteiger charge is -2.25. The second-order valence-corrected chi connectivity index (χ2v) is 6.64. The Kier molecular flexibility index (Phi) is 6.84. The van der Waals surface area contributed by atoms with Gasteiger partial charge in [0, 0.05) is 6.42 Å². The molecule has 2 heteroatoms. The molecule has 102 valence electrons. The number of hydrogen-bond donors (Lipinski definition) is 1. The van der Waals surface area contributed by atoms with Crippen LogP contribution in [-0.4, -0.2) is 16.8 Å². The maximum Gasteiger partial charge on any atom is 0.100 e. The van der Waals surface area contributed by atoms with Gasteiger partial charge in [0.15, 0.2) is 0 Å². The summed E-state index contributed by atoms with van der Waals surface area (Å²) in [5, 5.41) is 9.94. The van der Waals surface area contributed by atoms with Gasteiger partial charge in [0.05, 0.1) is 11.9 Å². The zero-order valence-corrected chi connectivity index (χ0v) is 12.6. The normalized spacial score (nSPS) is 15.5. The quantitative estimate of drug-likeness (QED) is 0.709. The van der Waals surface area contributed by atoms with Crippen molar-refractivity contribution in [2.45, 2.75) is 73.0 Å². The topological polar surface area (TPSA) is 29.5 Å². The van der Waals surface area contributed by atoms with Crippen molar-refractivity contribution in [1.29, 1.82) is 0 Å². The summed E-state index contributed by atoms with van der Waals surface area (Å²) in [4.78, 5) is 0. The van der Waals surface area contributed by atoms with Gasteiger partial charge in [0.25, 0.3) is 0 Å². The molecule has 1 N–H and O–H groups in total. The molecule has 0 amide bonds. The van der Waals surface area contributed by atoms with E-state index in [2.05, 4.69) is 27.7 Å². The molecule has 0 spiro atoms. The molecule has 0 aliphatic rings. The summed E-state index contributed by atoms with van der Waals surface area (Å²) in [7, 11) is 0.